The Balaban J connectivity index is 1.64. The Morgan fingerprint density at radius 2 is 1.89 bits per heavy atom. The third-order valence-corrected chi connectivity index (χ3v) is 6.90. The molecular weight excluding hydrogens is 577 g/mol. The number of aliphatic hydroxyl groups excluding tert-OH is 1. The molecule has 3 aromatic carbocycles. The summed E-state index contributed by atoms with van der Waals surface area (Å²) in [6, 6.07) is 18.6. The Morgan fingerprint density at radius 1 is 1.16 bits per heavy atom. The second-order valence-electron chi connectivity index (χ2n) is 9.87. The van der Waals surface area contributed by atoms with E-state index in [4.69, 9.17) is 25.1 Å². The minimum Gasteiger partial charge on any atom is -0.494 e. The summed E-state index contributed by atoms with van der Waals surface area (Å²) in [5.41, 5.74) is 14.4. The Kier molecular flexibility index (Phi) is 10.6. The lowest BCUT2D eigenvalue weighted by Crippen LogP contribution is -2.52. The molecule has 1 aliphatic rings. The van der Waals surface area contributed by atoms with Crippen molar-refractivity contribution < 1.29 is 32.5 Å². The number of azide groups is 1. The first kappa shape index (κ1) is 32.1. The van der Waals surface area contributed by atoms with Crippen molar-refractivity contribution in [3.63, 3.8) is 0 Å². The van der Waals surface area contributed by atoms with Gasteiger partial charge in [0.1, 0.15) is 5.75 Å². The van der Waals surface area contributed by atoms with Gasteiger partial charge in [-0.1, -0.05) is 47.6 Å². The van der Waals surface area contributed by atoms with Gasteiger partial charge in [-0.15, -0.1) is 6.58 Å². The van der Waals surface area contributed by atoms with Gasteiger partial charge in [0.2, 0.25) is 5.90 Å². The number of hydrogen-bond donors (Lipinski definition) is 3. The highest BCUT2D eigenvalue weighted by atomic mass is 19.4. The zero-order valence-electron chi connectivity index (χ0n) is 23.6. The number of ether oxygens (including phenoxy) is 2. The number of nitrogens with one attached hydrogen (secondary N) is 2. The number of aliphatic hydroxyl groups is 1. The average molecular weight is 609 g/mol. The van der Waals surface area contributed by atoms with Crippen LogP contribution in [0.3, 0.4) is 0 Å². The molecule has 0 saturated heterocycles. The molecule has 1 heterocycles. The van der Waals surface area contributed by atoms with Gasteiger partial charge in [-0.3, -0.25) is 10.2 Å². The van der Waals surface area contributed by atoms with Crippen LogP contribution >= 0.6 is 0 Å². The van der Waals surface area contributed by atoms with Crippen molar-refractivity contribution >= 4 is 11.8 Å². The standard InChI is InChI=1S/C31H31F3N6O4/c1-2-16-30(29(42)39-36-19-21-8-12-24(13-9-21)31(32,33)34)27(26-7-4-3-6-23(26)20-37-40-35)44-28(38-30)22-10-14-25(15-11-22)43-18-5-17-41/h2-4,6-15,27,36,41H,1,5,16-20H2,(H,39,42)/t27-,30-/m0/s1. The van der Waals surface area contributed by atoms with Crippen LogP contribution in [-0.4, -0.2) is 35.7 Å². The van der Waals surface area contributed by atoms with Crippen LogP contribution in [-0.2, 0) is 28.8 Å². The highest BCUT2D eigenvalue weighted by Crippen LogP contribution is 2.44. The van der Waals surface area contributed by atoms with E-state index in [0.29, 0.717) is 41.0 Å². The molecule has 2 atom stereocenters. The SMILES string of the molecule is C=CC[C@]1(C(=O)NNCc2ccc(C(F)(F)F)cc2)N=C(c2ccc(OCCCO)cc2)O[C@H]1c1ccccc1CN=[N+]=[N-]. The summed E-state index contributed by atoms with van der Waals surface area (Å²) in [4.78, 5) is 21.6. The number of hydrogen-bond acceptors (Lipinski definition) is 7. The fraction of sp³-hybridized carbons (Fsp3) is 0.290. The fourth-order valence-corrected chi connectivity index (χ4v) is 4.70. The third-order valence-electron chi connectivity index (χ3n) is 6.90. The van der Waals surface area contributed by atoms with Crippen LogP contribution in [0.1, 0.15) is 46.8 Å². The summed E-state index contributed by atoms with van der Waals surface area (Å²) in [6.07, 6.45) is -3.30. The van der Waals surface area contributed by atoms with Crippen molar-refractivity contribution in [2.45, 2.75) is 43.8 Å². The van der Waals surface area contributed by atoms with E-state index < -0.39 is 29.3 Å². The van der Waals surface area contributed by atoms with Crippen LogP contribution in [0, 0.1) is 0 Å². The molecule has 0 fully saturated rings. The monoisotopic (exact) mass is 608 g/mol. The lowest BCUT2D eigenvalue weighted by atomic mass is 9.83. The van der Waals surface area contributed by atoms with Crippen LogP contribution in [0.2, 0.25) is 0 Å². The summed E-state index contributed by atoms with van der Waals surface area (Å²) in [5.74, 6) is 0.210. The van der Waals surface area contributed by atoms with E-state index >= 15 is 0 Å². The Bertz CT molecular complexity index is 1520. The molecule has 1 amide bonds. The highest BCUT2D eigenvalue weighted by molar-refractivity contribution is 6.01. The van der Waals surface area contributed by atoms with E-state index in [-0.39, 0.29) is 32.0 Å². The number of hydrazine groups is 1. The summed E-state index contributed by atoms with van der Waals surface area (Å²) in [7, 11) is 0. The van der Waals surface area contributed by atoms with Gasteiger partial charge in [0.15, 0.2) is 11.6 Å². The Morgan fingerprint density at radius 3 is 2.55 bits per heavy atom. The zero-order valence-corrected chi connectivity index (χ0v) is 23.6. The van der Waals surface area contributed by atoms with Crippen LogP contribution in [0.5, 0.6) is 5.75 Å². The summed E-state index contributed by atoms with van der Waals surface area (Å²) < 4.78 is 50.8. The largest absolute Gasteiger partial charge is 0.494 e. The molecule has 4 rings (SSSR count). The Hall–Kier alpha value is -4.84. The number of amides is 1. The van der Waals surface area contributed by atoms with Gasteiger partial charge < -0.3 is 14.6 Å². The number of nitrogens with zero attached hydrogens (tertiary/aromatic N) is 4. The number of carbonyl (C=O) groups is 1. The minimum atomic E-state index is -4.45. The van der Waals surface area contributed by atoms with Crippen molar-refractivity contribution in [3.05, 3.63) is 124 Å². The normalized spacial score (nSPS) is 17.6. The molecule has 0 bridgehead atoms. The lowest BCUT2D eigenvalue weighted by molar-refractivity contribution is -0.137. The summed E-state index contributed by atoms with van der Waals surface area (Å²) >= 11 is 0. The maximum absolute atomic E-state index is 13.9. The molecule has 0 aliphatic carbocycles. The van der Waals surface area contributed by atoms with Gasteiger partial charge in [-0.05, 0) is 58.6 Å². The average Bonchev–Trinajstić information content (AvgIpc) is 3.41. The van der Waals surface area contributed by atoms with Gasteiger partial charge in [-0.2, -0.15) is 13.2 Å². The predicted octanol–water partition coefficient (Wildman–Crippen LogP) is 5.93. The summed E-state index contributed by atoms with van der Waals surface area (Å²) in [5, 5.41) is 12.7. The smallest absolute Gasteiger partial charge is 0.416 e. The minimum absolute atomic E-state index is 0.0118. The predicted molar refractivity (Wildman–Crippen MR) is 157 cm³/mol. The maximum Gasteiger partial charge on any atom is 0.416 e. The van der Waals surface area contributed by atoms with E-state index in [0.717, 1.165) is 12.1 Å². The molecule has 0 radical (unpaired) electrons. The molecule has 230 valence electrons. The molecule has 10 nitrogen and oxygen atoms in total. The van der Waals surface area contributed by atoms with Crippen LogP contribution in [0.25, 0.3) is 10.4 Å². The molecule has 3 N–H and O–H groups in total. The first-order chi connectivity index (χ1) is 21.2. The number of carbonyl (C=O) groups excluding carboxylic acids is 1. The molecule has 0 aromatic heterocycles. The topological polar surface area (TPSA) is 141 Å². The third kappa shape index (κ3) is 7.56. The van der Waals surface area contributed by atoms with Crippen molar-refractivity contribution in [3.8, 4) is 5.75 Å². The van der Waals surface area contributed by atoms with Gasteiger partial charge in [0.25, 0.3) is 5.91 Å². The molecule has 0 saturated carbocycles. The first-order valence-corrected chi connectivity index (χ1v) is 13.7. The van der Waals surface area contributed by atoms with Gasteiger partial charge in [0, 0.05) is 36.5 Å². The van der Waals surface area contributed by atoms with E-state index in [1.165, 1.54) is 12.1 Å². The fourth-order valence-electron chi connectivity index (χ4n) is 4.70. The van der Waals surface area contributed by atoms with Crippen molar-refractivity contribution in [1.29, 1.82) is 0 Å². The molecule has 0 unspecified atom stereocenters. The van der Waals surface area contributed by atoms with Gasteiger partial charge in [0.05, 0.1) is 18.7 Å². The maximum atomic E-state index is 13.9. The van der Waals surface area contributed by atoms with Gasteiger partial charge in [-0.25, -0.2) is 10.4 Å². The van der Waals surface area contributed by atoms with E-state index in [2.05, 4.69) is 27.5 Å². The van der Waals surface area contributed by atoms with E-state index in [9.17, 15) is 18.0 Å². The highest BCUT2D eigenvalue weighted by Gasteiger charge is 2.53. The number of benzene rings is 3. The van der Waals surface area contributed by atoms with Crippen LogP contribution < -0.4 is 15.6 Å². The number of halogens is 3. The molecule has 0 spiro atoms. The van der Waals surface area contributed by atoms with Crippen LogP contribution in [0.15, 0.2) is 95.6 Å². The van der Waals surface area contributed by atoms with Crippen molar-refractivity contribution in [2.24, 2.45) is 10.1 Å². The zero-order chi connectivity index (χ0) is 31.6. The molecule has 44 heavy (non-hydrogen) atoms. The summed E-state index contributed by atoms with van der Waals surface area (Å²) in [6.45, 7) is 4.25. The first-order valence-electron chi connectivity index (χ1n) is 13.7. The molecule has 1 aliphatic heterocycles. The molecular formula is C31H31F3N6O4. The van der Waals surface area contributed by atoms with E-state index in [1.807, 2.05) is 0 Å². The second kappa shape index (κ2) is 14.6. The van der Waals surface area contributed by atoms with Crippen LogP contribution in [0.4, 0.5) is 13.2 Å². The van der Waals surface area contributed by atoms with E-state index in [1.54, 1.807) is 54.6 Å². The quantitative estimate of drug-likeness (QED) is 0.0520. The molecule has 3 aromatic rings. The second-order valence-corrected chi connectivity index (χ2v) is 9.87. The lowest BCUT2D eigenvalue weighted by Gasteiger charge is -2.30. The molecule has 13 heteroatoms. The van der Waals surface area contributed by atoms with Gasteiger partial charge >= 0.3 is 6.18 Å². The van der Waals surface area contributed by atoms with Crippen molar-refractivity contribution in [2.75, 3.05) is 13.2 Å². The van der Waals surface area contributed by atoms with Crippen molar-refractivity contribution in [1.82, 2.24) is 10.9 Å². The Labute approximate surface area is 251 Å². The number of rotatable bonds is 14. The number of aliphatic imine (C=N–C) groups is 1. The number of alkyl halides is 3.